The van der Waals surface area contributed by atoms with Crippen molar-refractivity contribution >= 4 is 11.8 Å². The summed E-state index contributed by atoms with van der Waals surface area (Å²) in [6, 6.07) is 7.38. The molecular formula is C24H36N2O4. The first-order valence-electron chi connectivity index (χ1n) is 11.2. The molecule has 2 bridgehead atoms. The van der Waals surface area contributed by atoms with Gasteiger partial charge in [-0.15, -0.1) is 0 Å². The number of rotatable bonds is 2. The van der Waals surface area contributed by atoms with Gasteiger partial charge in [0.2, 0.25) is 11.8 Å². The molecular weight excluding hydrogens is 380 g/mol. The Kier molecular flexibility index (Phi) is 7.40. The van der Waals surface area contributed by atoms with Crippen molar-refractivity contribution in [2.45, 2.75) is 83.9 Å². The van der Waals surface area contributed by atoms with Crippen LogP contribution in [0.1, 0.15) is 64.9 Å². The van der Waals surface area contributed by atoms with Crippen LogP contribution in [0, 0.1) is 5.41 Å². The van der Waals surface area contributed by atoms with Gasteiger partial charge in [0, 0.05) is 13.0 Å². The van der Waals surface area contributed by atoms with Crippen LogP contribution in [0.2, 0.25) is 0 Å². The summed E-state index contributed by atoms with van der Waals surface area (Å²) in [5.41, 5.74) is 1.11. The molecule has 0 saturated carbocycles. The van der Waals surface area contributed by atoms with Crippen LogP contribution in [0.4, 0.5) is 0 Å². The third-order valence-corrected chi connectivity index (χ3v) is 5.80. The van der Waals surface area contributed by atoms with Gasteiger partial charge in [-0.2, -0.15) is 0 Å². The molecule has 3 rings (SSSR count). The highest BCUT2D eigenvalue weighted by Gasteiger charge is 2.38. The number of aryl methyl sites for hydroxylation is 1. The highest BCUT2D eigenvalue weighted by molar-refractivity contribution is 5.88. The lowest BCUT2D eigenvalue weighted by molar-refractivity contribution is -0.138. The topological polar surface area (TPSA) is 78.9 Å². The second kappa shape index (κ2) is 9.82. The molecule has 0 unspecified atom stereocenters. The maximum absolute atomic E-state index is 13.4. The predicted molar refractivity (Wildman–Crippen MR) is 116 cm³/mol. The van der Waals surface area contributed by atoms with E-state index in [4.69, 9.17) is 4.74 Å². The highest BCUT2D eigenvalue weighted by atomic mass is 16.5. The zero-order valence-corrected chi connectivity index (χ0v) is 18.5. The first-order valence-corrected chi connectivity index (χ1v) is 11.2. The highest BCUT2D eigenvalue weighted by Crippen LogP contribution is 2.24. The molecule has 0 spiro atoms. The normalized spacial score (nSPS) is 25.8. The van der Waals surface area contributed by atoms with Crippen molar-refractivity contribution < 1.29 is 19.4 Å². The van der Waals surface area contributed by atoms with Gasteiger partial charge in [0.05, 0.1) is 12.1 Å². The van der Waals surface area contributed by atoms with Crippen LogP contribution in [0.3, 0.4) is 0 Å². The molecule has 1 aromatic carbocycles. The number of aliphatic hydroxyl groups is 1. The van der Waals surface area contributed by atoms with Crippen LogP contribution in [-0.4, -0.2) is 53.2 Å². The second-order valence-corrected chi connectivity index (χ2v) is 9.95. The predicted octanol–water partition coefficient (Wildman–Crippen LogP) is 3.06. The number of carbonyl (C=O) groups excluding carboxylic acids is 2. The van der Waals surface area contributed by atoms with Crippen molar-refractivity contribution in [1.82, 2.24) is 10.2 Å². The zero-order valence-electron chi connectivity index (χ0n) is 18.5. The van der Waals surface area contributed by atoms with E-state index in [-0.39, 0.29) is 23.3 Å². The molecule has 1 fully saturated rings. The number of ether oxygens (including phenoxy) is 1. The van der Waals surface area contributed by atoms with Gasteiger partial charge >= 0.3 is 0 Å². The van der Waals surface area contributed by atoms with Gasteiger partial charge in [-0.1, -0.05) is 45.7 Å². The standard InChI is InChI=1S/C24H36N2O4/c1-24(2,3)14-22(28)25-21-11-6-4-5-8-17-9-7-10-20(12-17)30-16-18-13-19(27)15-26(18)23(21)29/h7,9-10,12,18-19,21,27H,4-6,8,11,13-16H2,1-3H3,(H,25,28)/t18-,19-,21-/m0/s1. The van der Waals surface area contributed by atoms with E-state index < -0.39 is 12.1 Å². The van der Waals surface area contributed by atoms with Crippen molar-refractivity contribution in [3.8, 4) is 5.75 Å². The molecule has 0 aliphatic carbocycles. The van der Waals surface area contributed by atoms with Crippen molar-refractivity contribution in [2.75, 3.05) is 13.2 Å². The number of carbonyl (C=O) groups is 2. The summed E-state index contributed by atoms with van der Waals surface area (Å²) >= 11 is 0. The Bertz CT molecular complexity index is 743. The van der Waals surface area contributed by atoms with E-state index in [9.17, 15) is 14.7 Å². The summed E-state index contributed by atoms with van der Waals surface area (Å²) in [5, 5.41) is 13.2. The molecule has 0 aromatic heterocycles. The maximum atomic E-state index is 13.4. The molecule has 2 heterocycles. The molecule has 2 amide bonds. The lowest BCUT2D eigenvalue weighted by atomic mass is 9.91. The molecule has 0 radical (unpaired) electrons. The molecule has 2 aliphatic heterocycles. The third kappa shape index (κ3) is 6.46. The Morgan fingerprint density at radius 2 is 2.07 bits per heavy atom. The number of aliphatic hydroxyl groups excluding tert-OH is 1. The van der Waals surface area contributed by atoms with E-state index >= 15 is 0 Å². The summed E-state index contributed by atoms with van der Waals surface area (Å²) in [7, 11) is 0. The SMILES string of the molecule is CC(C)(C)CC(=O)N[C@H]1CCCCCc2cccc(c2)OC[C@@H]2C[C@H](O)CN2C1=O. The molecule has 3 atom stereocenters. The number of fused-ring (bicyclic) bond motifs is 3. The summed E-state index contributed by atoms with van der Waals surface area (Å²) in [5.74, 6) is 0.603. The van der Waals surface area contributed by atoms with Gasteiger partial charge in [0.25, 0.3) is 0 Å². The number of hydrogen-bond donors (Lipinski definition) is 2. The monoisotopic (exact) mass is 416 g/mol. The van der Waals surface area contributed by atoms with Gasteiger partial charge in [0.15, 0.2) is 0 Å². The zero-order chi connectivity index (χ0) is 21.7. The minimum absolute atomic E-state index is 0.0931. The smallest absolute Gasteiger partial charge is 0.245 e. The summed E-state index contributed by atoms with van der Waals surface area (Å²) in [6.07, 6.45) is 4.81. The van der Waals surface area contributed by atoms with Crippen LogP contribution in [0.25, 0.3) is 0 Å². The lowest BCUT2D eigenvalue weighted by Gasteiger charge is -2.30. The molecule has 166 valence electrons. The Morgan fingerprint density at radius 1 is 1.27 bits per heavy atom. The Hall–Kier alpha value is -2.08. The minimum Gasteiger partial charge on any atom is -0.491 e. The first kappa shape index (κ1) is 22.6. The van der Waals surface area contributed by atoms with Gasteiger partial charge in [-0.05, 0) is 48.8 Å². The van der Waals surface area contributed by atoms with Crippen molar-refractivity contribution in [3.05, 3.63) is 29.8 Å². The number of nitrogens with one attached hydrogen (secondary N) is 1. The fourth-order valence-electron chi connectivity index (χ4n) is 4.34. The number of benzene rings is 1. The quantitative estimate of drug-likeness (QED) is 0.777. The molecule has 1 aromatic rings. The average Bonchev–Trinajstić information content (AvgIpc) is 3.03. The second-order valence-electron chi connectivity index (χ2n) is 9.95. The van der Waals surface area contributed by atoms with E-state index in [1.54, 1.807) is 4.90 Å². The Labute approximate surface area is 180 Å². The maximum Gasteiger partial charge on any atom is 0.245 e. The van der Waals surface area contributed by atoms with Gasteiger partial charge in [-0.25, -0.2) is 0 Å². The molecule has 2 aliphatic rings. The molecule has 1 saturated heterocycles. The van der Waals surface area contributed by atoms with E-state index in [0.29, 0.717) is 32.4 Å². The molecule has 30 heavy (non-hydrogen) atoms. The van der Waals surface area contributed by atoms with E-state index in [0.717, 1.165) is 31.4 Å². The fraction of sp³-hybridized carbons (Fsp3) is 0.667. The van der Waals surface area contributed by atoms with E-state index in [2.05, 4.69) is 17.4 Å². The van der Waals surface area contributed by atoms with E-state index in [1.807, 2.05) is 32.9 Å². The number of amides is 2. The van der Waals surface area contributed by atoms with Crippen LogP contribution < -0.4 is 10.1 Å². The van der Waals surface area contributed by atoms with Crippen LogP contribution in [0.15, 0.2) is 24.3 Å². The van der Waals surface area contributed by atoms with Gasteiger partial charge in [0.1, 0.15) is 18.4 Å². The summed E-state index contributed by atoms with van der Waals surface area (Å²) in [4.78, 5) is 27.6. The third-order valence-electron chi connectivity index (χ3n) is 5.80. The van der Waals surface area contributed by atoms with Crippen LogP contribution in [-0.2, 0) is 16.0 Å². The fourth-order valence-corrected chi connectivity index (χ4v) is 4.34. The average molecular weight is 417 g/mol. The summed E-state index contributed by atoms with van der Waals surface area (Å²) < 4.78 is 5.99. The van der Waals surface area contributed by atoms with Crippen molar-refractivity contribution in [3.63, 3.8) is 0 Å². The molecule has 2 N–H and O–H groups in total. The van der Waals surface area contributed by atoms with Crippen LogP contribution >= 0.6 is 0 Å². The number of hydrogen-bond acceptors (Lipinski definition) is 4. The number of nitrogens with zero attached hydrogens (tertiary/aromatic N) is 1. The largest absolute Gasteiger partial charge is 0.491 e. The van der Waals surface area contributed by atoms with Crippen molar-refractivity contribution in [2.24, 2.45) is 5.41 Å². The lowest BCUT2D eigenvalue weighted by Crippen LogP contribution is -2.51. The van der Waals surface area contributed by atoms with Crippen LogP contribution in [0.5, 0.6) is 5.75 Å². The van der Waals surface area contributed by atoms with Gasteiger partial charge < -0.3 is 20.1 Å². The van der Waals surface area contributed by atoms with Gasteiger partial charge in [-0.3, -0.25) is 9.59 Å². The van der Waals surface area contributed by atoms with Crippen molar-refractivity contribution in [1.29, 1.82) is 0 Å². The Balaban J connectivity index is 1.76. The molecule has 6 nitrogen and oxygen atoms in total. The van der Waals surface area contributed by atoms with E-state index in [1.165, 1.54) is 5.56 Å². The molecule has 6 heteroatoms. The Morgan fingerprint density at radius 3 is 2.83 bits per heavy atom. The minimum atomic E-state index is -0.560. The summed E-state index contributed by atoms with van der Waals surface area (Å²) in [6.45, 7) is 6.68. The first-order chi connectivity index (χ1) is 14.2.